The summed E-state index contributed by atoms with van der Waals surface area (Å²) >= 11 is 0. The van der Waals surface area contributed by atoms with Crippen molar-refractivity contribution in [3.05, 3.63) is 34.4 Å². The number of ether oxygens (including phenoxy) is 1. The highest BCUT2D eigenvalue weighted by molar-refractivity contribution is 5.78. The fraction of sp³-hybridized carbons (Fsp3) is 0.562. The lowest BCUT2D eigenvalue weighted by Gasteiger charge is -2.32. The summed E-state index contributed by atoms with van der Waals surface area (Å²) in [7, 11) is 0. The third-order valence-corrected chi connectivity index (χ3v) is 4.60. The molecule has 23 heavy (non-hydrogen) atoms. The van der Waals surface area contributed by atoms with E-state index < -0.39 is 4.92 Å². The van der Waals surface area contributed by atoms with Crippen molar-refractivity contribution in [2.75, 3.05) is 19.7 Å². The minimum Gasteiger partial charge on any atom is -0.484 e. The molecule has 7 heteroatoms. The van der Waals surface area contributed by atoms with Crippen molar-refractivity contribution in [3.8, 4) is 5.75 Å². The molecule has 7 nitrogen and oxygen atoms in total. The molecule has 1 aromatic carbocycles. The highest BCUT2D eigenvalue weighted by Crippen LogP contribution is 2.27. The highest BCUT2D eigenvalue weighted by atomic mass is 16.6. The maximum atomic E-state index is 12.1. The minimum absolute atomic E-state index is 0.0449. The van der Waals surface area contributed by atoms with Gasteiger partial charge in [0.15, 0.2) is 6.61 Å². The van der Waals surface area contributed by atoms with Crippen molar-refractivity contribution in [2.45, 2.75) is 37.8 Å². The second kappa shape index (κ2) is 6.95. The summed E-state index contributed by atoms with van der Waals surface area (Å²) in [5, 5.41) is 13.8. The van der Waals surface area contributed by atoms with Crippen LogP contribution in [0.3, 0.4) is 0 Å². The molecule has 2 atom stereocenters. The second-order valence-electron chi connectivity index (χ2n) is 6.10. The van der Waals surface area contributed by atoms with Gasteiger partial charge in [0.2, 0.25) is 0 Å². The molecule has 0 bridgehead atoms. The zero-order chi connectivity index (χ0) is 16.2. The molecule has 1 amide bonds. The Balaban J connectivity index is 1.50. The standard InChI is InChI=1S/C16H21N3O4/c20-16(11-23-13-5-3-4-12(10-13)19(21)22)17-14-7-9-18-8-2-1-6-15(14)18/h3-5,10,14-15H,1-2,6-9,11H2,(H,17,20)/t14-,15+/m1/s1. The summed E-state index contributed by atoms with van der Waals surface area (Å²) in [6.45, 7) is 2.05. The van der Waals surface area contributed by atoms with Crippen LogP contribution >= 0.6 is 0 Å². The molecule has 124 valence electrons. The van der Waals surface area contributed by atoms with Crippen LogP contribution in [0.2, 0.25) is 0 Å². The van der Waals surface area contributed by atoms with Crippen LogP contribution in [0.1, 0.15) is 25.7 Å². The number of hydrogen-bond acceptors (Lipinski definition) is 5. The molecule has 0 aromatic heterocycles. The summed E-state index contributed by atoms with van der Waals surface area (Å²) in [4.78, 5) is 24.8. The van der Waals surface area contributed by atoms with Crippen LogP contribution < -0.4 is 10.1 Å². The third kappa shape index (κ3) is 3.79. The normalized spacial score (nSPS) is 24.0. The zero-order valence-corrected chi connectivity index (χ0v) is 12.9. The second-order valence-corrected chi connectivity index (χ2v) is 6.10. The Morgan fingerprint density at radius 3 is 3.04 bits per heavy atom. The van der Waals surface area contributed by atoms with E-state index in [4.69, 9.17) is 4.74 Å². The van der Waals surface area contributed by atoms with Crippen molar-refractivity contribution >= 4 is 11.6 Å². The first kappa shape index (κ1) is 15.7. The van der Waals surface area contributed by atoms with Crippen LogP contribution in [-0.4, -0.2) is 47.5 Å². The van der Waals surface area contributed by atoms with Gasteiger partial charge in [-0.15, -0.1) is 0 Å². The molecule has 0 spiro atoms. The van der Waals surface area contributed by atoms with E-state index in [9.17, 15) is 14.9 Å². The average molecular weight is 319 g/mol. The average Bonchev–Trinajstić information content (AvgIpc) is 2.96. The van der Waals surface area contributed by atoms with E-state index in [-0.39, 0.29) is 24.2 Å². The lowest BCUT2D eigenvalue weighted by molar-refractivity contribution is -0.384. The fourth-order valence-electron chi connectivity index (χ4n) is 3.50. The van der Waals surface area contributed by atoms with Crippen LogP contribution in [0.5, 0.6) is 5.75 Å². The van der Waals surface area contributed by atoms with Crippen LogP contribution in [0, 0.1) is 10.1 Å². The van der Waals surface area contributed by atoms with Crippen LogP contribution in [0.25, 0.3) is 0 Å². The number of nitrogens with zero attached hydrogens (tertiary/aromatic N) is 2. The molecule has 0 aliphatic carbocycles. The molecule has 0 radical (unpaired) electrons. The van der Waals surface area contributed by atoms with E-state index in [0.29, 0.717) is 11.8 Å². The molecule has 2 aliphatic rings. The number of nitro benzene ring substituents is 1. The summed E-state index contributed by atoms with van der Waals surface area (Å²) in [6.07, 6.45) is 4.58. The maximum Gasteiger partial charge on any atom is 0.273 e. The van der Waals surface area contributed by atoms with Gasteiger partial charge in [-0.2, -0.15) is 0 Å². The van der Waals surface area contributed by atoms with Crippen molar-refractivity contribution < 1.29 is 14.5 Å². The smallest absolute Gasteiger partial charge is 0.273 e. The van der Waals surface area contributed by atoms with Crippen molar-refractivity contribution in [1.82, 2.24) is 10.2 Å². The van der Waals surface area contributed by atoms with Crippen molar-refractivity contribution in [2.24, 2.45) is 0 Å². The Kier molecular flexibility index (Phi) is 4.76. The molecular weight excluding hydrogens is 298 g/mol. The number of nitro groups is 1. The number of rotatable bonds is 5. The number of amides is 1. The van der Waals surface area contributed by atoms with Crippen molar-refractivity contribution in [3.63, 3.8) is 0 Å². The number of hydrogen-bond donors (Lipinski definition) is 1. The molecule has 0 unspecified atom stereocenters. The van der Waals surface area contributed by atoms with Gasteiger partial charge in [-0.25, -0.2) is 0 Å². The predicted octanol–water partition coefficient (Wildman–Crippen LogP) is 1.72. The summed E-state index contributed by atoms with van der Waals surface area (Å²) in [5.74, 6) is 0.161. The number of piperidine rings is 1. The Bertz CT molecular complexity index is 592. The molecule has 2 saturated heterocycles. The maximum absolute atomic E-state index is 12.1. The predicted molar refractivity (Wildman–Crippen MR) is 84.4 cm³/mol. The summed E-state index contributed by atoms with van der Waals surface area (Å²) in [6, 6.07) is 6.51. The molecule has 0 saturated carbocycles. The molecule has 2 heterocycles. The third-order valence-electron chi connectivity index (χ3n) is 4.60. The van der Waals surface area contributed by atoms with Crippen LogP contribution in [-0.2, 0) is 4.79 Å². The van der Waals surface area contributed by atoms with Gasteiger partial charge in [0, 0.05) is 24.7 Å². The monoisotopic (exact) mass is 319 g/mol. The Morgan fingerprint density at radius 2 is 2.22 bits per heavy atom. The van der Waals surface area contributed by atoms with Crippen LogP contribution in [0.15, 0.2) is 24.3 Å². The first-order valence-corrected chi connectivity index (χ1v) is 8.04. The highest BCUT2D eigenvalue weighted by Gasteiger charge is 2.36. The quantitative estimate of drug-likeness (QED) is 0.660. The molecule has 3 rings (SSSR count). The number of carbonyl (C=O) groups is 1. The van der Waals surface area contributed by atoms with E-state index in [0.717, 1.165) is 25.9 Å². The van der Waals surface area contributed by atoms with Gasteiger partial charge in [-0.1, -0.05) is 12.5 Å². The topological polar surface area (TPSA) is 84.7 Å². The molecule has 1 aromatic rings. The largest absolute Gasteiger partial charge is 0.484 e. The summed E-state index contributed by atoms with van der Waals surface area (Å²) < 4.78 is 5.37. The zero-order valence-electron chi connectivity index (χ0n) is 12.9. The molecule has 2 fully saturated rings. The van der Waals surface area contributed by atoms with E-state index in [1.54, 1.807) is 12.1 Å². The summed E-state index contributed by atoms with van der Waals surface area (Å²) in [5.41, 5.74) is -0.0449. The lowest BCUT2D eigenvalue weighted by atomic mass is 9.99. The number of carbonyl (C=O) groups excluding carboxylic acids is 1. The van der Waals surface area contributed by atoms with E-state index >= 15 is 0 Å². The van der Waals surface area contributed by atoms with Crippen molar-refractivity contribution in [1.29, 1.82) is 0 Å². The van der Waals surface area contributed by atoms with Gasteiger partial charge >= 0.3 is 0 Å². The molecule has 1 N–H and O–H groups in total. The van der Waals surface area contributed by atoms with Crippen LogP contribution in [0.4, 0.5) is 5.69 Å². The first-order chi connectivity index (χ1) is 11.1. The molecular formula is C16H21N3O4. The minimum atomic E-state index is -0.483. The van der Waals surface area contributed by atoms with E-state index in [2.05, 4.69) is 10.2 Å². The van der Waals surface area contributed by atoms with Gasteiger partial charge in [0.1, 0.15) is 5.75 Å². The fourth-order valence-corrected chi connectivity index (χ4v) is 3.50. The van der Waals surface area contributed by atoms with Gasteiger partial charge < -0.3 is 10.1 Å². The first-order valence-electron chi connectivity index (χ1n) is 8.04. The number of benzene rings is 1. The van der Waals surface area contributed by atoms with E-state index in [1.807, 2.05) is 0 Å². The van der Waals surface area contributed by atoms with Gasteiger partial charge in [0.05, 0.1) is 11.0 Å². The Morgan fingerprint density at radius 1 is 1.35 bits per heavy atom. The molecule has 2 aliphatic heterocycles. The van der Waals surface area contributed by atoms with Gasteiger partial charge in [-0.3, -0.25) is 19.8 Å². The SMILES string of the molecule is O=C(COc1cccc([N+](=O)[O-])c1)N[C@@H]1CCN2CCCC[C@@H]12. The lowest BCUT2D eigenvalue weighted by Crippen LogP contribution is -2.47. The number of nitrogens with one attached hydrogen (secondary N) is 1. The number of non-ortho nitro benzene ring substituents is 1. The Hall–Kier alpha value is -2.15. The van der Waals surface area contributed by atoms with Gasteiger partial charge in [0.25, 0.3) is 11.6 Å². The number of fused-ring (bicyclic) bond motifs is 1. The van der Waals surface area contributed by atoms with E-state index in [1.165, 1.54) is 25.0 Å². The van der Waals surface area contributed by atoms with Gasteiger partial charge in [-0.05, 0) is 31.9 Å². The Labute approximate surface area is 134 Å².